The first kappa shape index (κ1) is 8.22. The molecule has 0 unspecified atom stereocenters. The van der Waals surface area contributed by atoms with Crippen LogP contribution >= 0.6 is 0 Å². The van der Waals surface area contributed by atoms with Gasteiger partial charge in [-0.2, -0.15) is 0 Å². The van der Waals surface area contributed by atoms with Gasteiger partial charge in [0.2, 0.25) is 0 Å². The van der Waals surface area contributed by atoms with E-state index in [2.05, 4.69) is 26.2 Å². The van der Waals surface area contributed by atoms with Crippen LogP contribution < -0.4 is 0 Å². The summed E-state index contributed by atoms with van der Waals surface area (Å²) in [5.41, 5.74) is 2.44. The van der Waals surface area contributed by atoms with E-state index in [1.165, 1.54) is 5.57 Å². The van der Waals surface area contributed by atoms with Crippen molar-refractivity contribution in [3.8, 4) is 0 Å². The van der Waals surface area contributed by atoms with Crippen LogP contribution in [0.2, 0.25) is 0 Å². The molecule has 0 aliphatic rings. The van der Waals surface area contributed by atoms with Gasteiger partial charge in [0.1, 0.15) is 0 Å². The molecule has 0 heteroatoms. The quantitative estimate of drug-likeness (QED) is 0.398. The minimum atomic E-state index is 0.958. The fourth-order valence-corrected chi connectivity index (χ4v) is 0.532. The Kier molecular flexibility index (Phi) is 3.78. The minimum absolute atomic E-state index is 0.958. The third-order valence-electron chi connectivity index (χ3n) is 1.29. The predicted octanol–water partition coefficient (Wildman–Crippen LogP) is 3.08. The average Bonchev–Trinajstić information content (AvgIpc) is 1.87. The van der Waals surface area contributed by atoms with Gasteiger partial charge in [0, 0.05) is 0 Å². The summed E-state index contributed by atoms with van der Waals surface area (Å²) in [5.74, 6) is 0. The van der Waals surface area contributed by atoms with E-state index in [1.807, 2.05) is 6.92 Å². The number of rotatable bonds is 3. The highest BCUT2D eigenvalue weighted by atomic mass is 13.9. The summed E-state index contributed by atoms with van der Waals surface area (Å²) in [6, 6.07) is 0. The molecular formula is C9H14. The third kappa shape index (κ3) is 3.77. The van der Waals surface area contributed by atoms with Gasteiger partial charge in [0.25, 0.3) is 0 Å². The minimum Gasteiger partial charge on any atom is -0.0988 e. The van der Waals surface area contributed by atoms with Gasteiger partial charge in [-0.3, -0.25) is 0 Å². The van der Waals surface area contributed by atoms with Crippen LogP contribution in [0.5, 0.6) is 0 Å². The van der Waals surface area contributed by atoms with Crippen molar-refractivity contribution in [1.82, 2.24) is 0 Å². The highest BCUT2D eigenvalue weighted by Crippen LogP contribution is 2.07. The molecule has 0 aromatic rings. The lowest BCUT2D eigenvalue weighted by Crippen LogP contribution is -1.76. The zero-order valence-electron chi connectivity index (χ0n) is 6.28. The summed E-state index contributed by atoms with van der Waals surface area (Å²) in [7, 11) is 0. The smallest absolute Gasteiger partial charge is 0.00761 e. The van der Waals surface area contributed by atoms with Crippen LogP contribution in [0, 0.1) is 0 Å². The van der Waals surface area contributed by atoms with Crippen molar-refractivity contribution >= 4 is 0 Å². The van der Waals surface area contributed by atoms with Crippen LogP contribution in [0.4, 0.5) is 0 Å². The SMILES string of the molecule is C=CC(=C)CC(C)=CC. The van der Waals surface area contributed by atoms with Crippen molar-refractivity contribution in [2.45, 2.75) is 20.3 Å². The van der Waals surface area contributed by atoms with E-state index < -0.39 is 0 Å². The van der Waals surface area contributed by atoms with E-state index >= 15 is 0 Å². The van der Waals surface area contributed by atoms with Crippen LogP contribution in [-0.2, 0) is 0 Å². The van der Waals surface area contributed by atoms with Gasteiger partial charge in [-0.15, -0.1) is 0 Å². The third-order valence-corrected chi connectivity index (χ3v) is 1.29. The second kappa shape index (κ2) is 4.13. The molecule has 0 aromatic carbocycles. The van der Waals surface area contributed by atoms with E-state index in [-0.39, 0.29) is 0 Å². The predicted molar refractivity (Wildman–Crippen MR) is 43.4 cm³/mol. The highest BCUT2D eigenvalue weighted by molar-refractivity contribution is 5.18. The monoisotopic (exact) mass is 122 g/mol. The van der Waals surface area contributed by atoms with Crippen molar-refractivity contribution in [3.63, 3.8) is 0 Å². The molecule has 0 saturated carbocycles. The zero-order chi connectivity index (χ0) is 7.28. The van der Waals surface area contributed by atoms with Gasteiger partial charge < -0.3 is 0 Å². The molecule has 0 radical (unpaired) electrons. The maximum absolute atomic E-state index is 3.80. The second-order valence-electron chi connectivity index (χ2n) is 2.17. The standard InChI is InChI=1S/C9H14/c1-5-8(3)7-9(4)6-2/h5-6H,1,3,7H2,2,4H3. The largest absolute Gasteiger partial charge is 0.0988 e. The summed E-state index contributed by atoms with van der Waals surface area (Å²) in [4.78, 5) is 0. The maximum Gasteiger partial charge on any atom is -0.00761 e. The van der Waals surface area contributed by atoms with E-state index in [4.69, 9.17) is 0 Å². The normalized spacial score (nSPS) is 11.1. The Labute approximate surface area is 57.6 Å². The van der Waals surface area contributed by atoms with E-state index in [0.717, 1.165) is 12.0 Å². The Hall–Kier alpha value is -0.780. The summed E-state index contributed by atoms with van der Waals surface area (Å²) < 4.78 is 0. The Morgan fingerprint density at radius 1 is 1.56 bits per heavy atom. The molecule has 50 valence electrons. The van der Waals surface area contributed by atoms with E-state index in [0.29, 0.717) is 0 Å². The summed E-state index contributed by atoms with van der Waals surface area (Å²) in [5, 5.41) is 0. The Morgan fingerprint density at radius 3 is 2.44 bits per heavy atom. The van der Waals surface area contributed by atoms with Crippen LogP contribution in [0.15, 0.2) is 36.5 Å². The molecule has 0 atom stereocenters. The van der Waals surface area contributed by atoms with Crippen LogP contribution in [0.3, 0.4) is 0 Å². The molecule has 0 fully saturated rings. The zero-order valence-corrected chi connectivity index (χ0v) is 6.28. The highest BCUT2D eigenvalue weighted by Gasteiger charge is 1.87. The molecule has 0 amide bonds. The average molecular weight is 122 g/mol. The van der Waals surface area contributed by atoms with Crippen molar-refractivity contribution in [1.29, 1.82) is 0 Å². The molecular weight excluding hydrogens is 108 g/mol. The van der Waals surface area contributed by atoms with Gasteiger partial charge in [0.05, 0.1) is 0 Å². The molecule has 0 N–H and O–H groups in total. The molecule has 0 aliphatic heterocycles. The fourth-order valence-electron chi connectivity index (χ4n) is 0.532. The first-order valence-corrected chi connectivity index (χ1v) is 3.12. The van der Waals surface area contributed by atoms with Gasteiger partial charge in [-0.1, -0.05) is 36.5 Å². The van der Waals surface area contributed by atoms with Gasteiger partial charge in [-0.25, -0.2) is 0 Å². The summed E-state index contributed by atoms with van der Waals surface area (Å²) >= 11 is 0. The van der Waals surface area contributed by atoms with Crippen LogP contribution in [0.1, 0.15) is 20.3 Å². The fraction of sp³-hybridized carbons (Fsp3) is 0.333. The summed E-state index contributed by atoms with van der Waals surface area (Å²) in [6.45, 7) is 11.5. The van der Waals surface area contributed by atoms with Gasteiger partial charge in [-0.05, 0) is 20.3 Å². The van der Waals surface area contributed by atoms with Crippen molar-refractivity contribution < 1.29 is 0 Å². The second-order valence-corrected chi connectivity index (χ2v) is 2.17. The lowest BCUT2D eigenvalue weighted by molar-refractivity contribution is 1.15. The maximum atomic E-state index is 3.80. The molecule has 0 bridgehead atoms. The first-order chi connectivity index (χ1) is 4.20. The number of hydrogen-bond acceptors (Lipinski definition) is 0. The number of allylic oxidation sites excluding steroid dienone is 4. The number of hydrogen-bond donors (Lipinski definition) is 0. The Morgan fingerprint density at radius 2 is 2.11 bits per heavy atom. The van der Waals surface area contributed by atoms with Crippen molar-refractivity contribution in [2.75, 3.05) is 0 Å². The lowest BCUT2D eigenvalue weighted by atomic mass is 10.1. The molecule has 0 aliphatic carbocycles. The van der Waals surface area contributed by atoms with E-state index in [9.17, 15) is 0 Å². The Bertz CT molecular complexity index is 138. The first-order valence-electron chi connectivity index (χ1n) is 3.12. The molecule has 0 saturated heterocycles. The van der Waals surface area contributed by atoms with E-state index in [1.54, 1.807) is 6.08 Å². The summed E-state index contributed by atoms with van der Waals surface area (Å²) in [6.07, 6.45) is 4.85. The van der Waals surface area contributed by atoms with Crippen LogP contribution in [0.25, 0.3) is 0 Å². The molecule has 9 heavy (non-hydrogen) atoms. The van der Waals surface area contributed by atoms with Gasteiger partial charge >= 0.3 is 0 Å². The molecule has 0 rings (SSSR count). The lowest BCUT2D eigenvalue weighted by Gasteiger charge is -1.97. The molecule has 0 heterocycles. The van der Waals surface area contributed by atoms with Crippen molar-refractivity contribution in [3.05, 3.63) is 36.5 Å². The molecule has 0 nitrogen and oxygen atoms in total. The topological polar surface area (TPSA) is 0 Å². The van der Waals surface area contributed by atoms with Gasteiger partial charge in [0.15, 0.2) is 0 Å². The van der Waals surface area contributed by atoms with Crippen LogP contribution in [-0.4, -0.2) is 0 Å². The Balaban J connectivity index is 3.74. The van der Waals surface area contributed by atoms with Crippen molar-refractivity contribution in [2.24, 2.45) is 0 Å². The molecule has 0 spiro atoms. The molecule has 0 aromatic heterocycles.